The molecule has 0 heterocycles. The highest BCUT2D eigenvalue weighted by Crippen LogP contribution is 2.38. The number of alkyl halides is 3. The molecule has 0 unspecified atom stereocenters. The van der Waals surface area contributed by atoms with Crippen molar-refractivity contribution in [2.45, 2.75) is 6.18 Å². The van der Waals surface area contributed by atoms with Crippen molar-refractivity contribution in [3.05, 3.63) is 86.9 Å². The molecule has 3 aromatic carbocycles. The Hall–Kier alpha value is -3.85. The standard InChI is InChI=1S/C22H11ClF3NO5/c23-13-8-10(22(24,25)26)4-5-14(13)27-21(32)9-6-12-18(16(29)7-9)20(31)17-11(19(12)30)2-1-3-15(17)28/h1-8,28-29H,(H,27,32). The van der Waals surface area contributed by atoms with Crippen LogP contribution < -0.4 is 5.32 Å². The lowest BCUT2D eigenvalue weighted by Gasteiger charge is -2.20. The van der Waals surface area contributed by atoms with Crippen LogP contribution in [0.2, 0.25) is 5.02 Å². The molecule has 0 aromatic heterocycles. The number of anilines is 1. The maximum absolute atomic E-state index is 12.8. The summed E-state index contributed by atoms with van der Waals surface area (Å²) in [6.45, 7) is 0. The fourth-order valence-electron chi connectivity index (χ4n) is 3.40. The predicted octanol–water partition coefficient (Wildman–Crippen LogP) is 4.80. The maximum Gasteiger partial charge on any atom is 0.416 e. The highest BCUT2D eigenvalue weighted by Gasteiger charge is 2.35. The van der Waals surface area contributed by atoms with Gasteiger partial charge in [0, 0.05) is 16.7 Å². The Morgan fingerprint density at radius 3 is 2.22 bits per heavy atom. The Kier molecular flexibility index (Phi) is 4.93. The van der Waals surface area contributed by atoms with Crippen LogP contribution in [-0.4, -0.2) is 27.7 Å². The second-order valence-corrected chi connectivity index (χ2v) is 7.33. The van der Waals surface area contributed by atoms with E-state index in [1.807, 2.05) is 0 Å². The van der Waals surface area contributed by atoms with Crippen molar-refractivity contribution in [3.63, 3.8) is 0 Å². The van der Waals surface area contributed by atoms with Gasteiger partial charge in [-0.25, -0.2) is 0 Å². The number of carbonyl (C=O) groups is 3. The first-order valence-electron chi connectivity index (χ1n) is 8.95. The van der Waals surface area contributed by atoms with Crippen LogP contribution in [0.15, 0.2) is 48.5 Å². The second-order valence-electron chi connectivity index (χ2n) is 6.92. The number of rotatable bonds is 2. The minimum atomic E-state index is -4.62. The lowest BCUT2D eigenvalue weighted by atomic mass is 9.82. The first-order chi connectivity index (χ1) is 15.0. The number of phenols is 2. The molecule has 0 saturated heterocycles. The van der Waals surface area contributed by atoms with Gasteiger partial charge in [-0.05, 0) is 36.4 Å². The molecule has 3 N–H and O–H groups in total. The van der Waals surface area contributed by atoms with Crippen LogP contribution in [0.25, 0.3) is 0 Å². The van der Waals surface area contributed by atoms with Gasteiger partial charge in [0.25, 0.3) is 5.91 Å². The summed E-state index contributed by atoms with van der Waals surface area (Å²) in [5.74, 6) is -3.46. The zero-order valence-corrected chi connectivity index (χ0v) is 16.5. The molecule has 3 aromatic rings. The number of hydrogen-bond donors (Lipinski definition) is 3. The Bertz CT molecular complexity index is 1330. The summed E-state index contributed by atoms with van der Waals surface area (Å²) in [5, 5.41) is 22.3. The van der Waals surface area contributed by atoms with E-state index in [9.17, 15) is 37.8 Å². The summed E-state index contributed by atoms with van der Waals surface area (Å²) in [5.41, 5.74) is -2.33. The van der Waals surface area contributed by atoms with E-state index in [2.05, 4.69) is 5.32 Å². The largest absolute Gasteiger partial charge is 0.507 e. The molecule has 0 aliphatic heterocycles. The van der Waals surface area contributed by atoms with Crippen molar-refractivity contribution in [2.24, 2.45) is 0 Å². The smallest absolute Gasteiger partial charge is 0.416 e. The lowest BCUT2D eigenvalue weighted by molar-refractivity contribution is -0.137. The molecule has 0 radical (unpaired) electrons. The van der Waals surface area contributed by atoms with Gasteiger partial charge in [-0.15, -0.1) is 0 Å². The molecular formula is C22H11ClF3NO5. The SMILES string of the molecule is O=C(Nc1ccc(C(F)(F)F)cc1Cl)c1cc(O)c2c(c1)C(=O)c1cccc(O)c1C2=O. The number of nitrogens with one attached hydrogen (secondary N) is 1. The molecular weight excluding hydrogens is 451 g/mol. The average molecular weight is 462 g/mol. The monoisotopic (exact) mass is 461 g/mol. The van der Waals surface area contributed by atoms with Crippen LogP contribution in [0.5, 0.6) is 11.5 Å². The van der Waals surface area contributed by atoms with Crippen molar-refractivity contribution >= 4 is 34.8 Å². The van der Waals surface area contributed by atoms with Crippen molar-refractivity contribution in [3.8, 4) is 11.5 Å². The predicted molar refractivity (Wildman–Crippen MR) is 107 cm³/mol. The molecule has 1 aliphatic rings. The molecule has 0 fully saturated rings. The van der Waals surface area contributed by atoms with Crippen molar-refractivity contribution in [1.82, 2.24) is 0 Å². The molecule has 0 saturated carbocycles. The van der Waals surface area contributed by atoms with Crippen LogP contribution in [0.3, 0.4) is 0 Å². The van der Waals surface area contributed by atoms with E-state index in [0.717, 1.165) is 24.3 Å². The van der Waals surface area contributed by atoms with E-state index in [1.54, 1.807) is 0 Å². The number of fused-ring (bicyclic) bond motifs is 2. The minimum Gasteiger partial charge on any atom is -0.507 e. The maximum atomic E-state index is 12.8. The van der Waals surface area contributed by atoms with Gasteiger partial charge in [0.05, 0.1) is 27.4 Å². The topological polar surface area (TPSA) is 104 Å². The Morgan fingerprint density at radius 1 is 0.875 bits per heavy atom. The minimum absolute atomic E-state index is 0.0924. The molecule has 32 heavy (non-hydrogen) atoms. The van der Waals surface area contributed by atoms with Gasteiger partial charge >= 0.3 is 6.18 Å². The molecule has 1 aliphatic carbocycles. The van der Waals surface area contributed by atoms with Gasteiger partial charge in [0.15, 0.2) is 5.78 Å². The van der Waals surface area contributed by atoms with E-state index in [1.165, 1.54) is 18.2 Å². The number of phenolic OH excluding ortho intramolecular Hbond substituents is 2. The van der Waals surface area contributed by atoms with Crippen LogP contribution in [-0.2, 0) is 6.18 Å². The van der Waals surface area contributed by atoms with E-state index >= 15 is 0 Å². The lowest BCUT2D eigenvalue weighted by Crippen LogP contribution is -2.22. The number of amides is 1. The number of halogens is 4. The third-order valence-corrected chi connectivity index (χ3v) is 5.22. The zero-order chi connectivity index (χ0) is 23.4. The van der Waals surface area contributed by atoms with Gasteiger partial charge in [-0.2, -0.15) is 13.2 Å². The molecule has 0 atom stereocenters. The normalized spacial score (nSPS) is 12.9. The van der Waals surface area contributed by atoms with Crippen LogP contribution >= 0.6 is 11.6 Å². The van der Waals surface area contributed by atoms with Crippen LogP contribution in [0.1, 0.15) is 47.8 Å². The molecule has 0 bridgehead atoms. The summed E-state index contributed by atoms with van der Waals surface area (Å²) in [4.78, 5) is 38.2. The summed E-state index contributed by atoms with van der Waals surface area (Å²) in [6.07, 6.45) is -4.62. The first-order valence-corrected chi connectivity index (χ1v) is 9.33. The highest BCUT2D eigenvalue weighted by atomic mass is 35.5. The molecule has 6 nitrogen and oxygen atoms in total. The number of aromatic hydroxyl groups is 2. The fraction of sp³-hybridized carbons (Fsp3) is 0.0455. The second kappa shape index (κ2) is 7.38. The Morgan fingerprint density at radius 2 is 1.56 bits per heavy atom. The Balaban J connectivity index is 1.71. The molecule has 10 heteroatoms. The fourth-order valence-corrected chi connectivity index (χ4v) is 3.63. The van der Waals surface area contributed by atoms with Crippen LogP contribution in [0.4, 0.5) is 18.9 Å². The quantitative estimate of drug-likeness (QED) is 0.398. The van der Waals surface area contributed by atoms with Gasteiger partial charge in [0.2, 0.25) is 5.78 Å². The molecule has 0 spiro atoms. The van der Waals surface area contributed by atoms with Crippen molar-refractivity contribution in [2.75, 3.05) is 5.32 Å². The molecule has 1 amide bonds. The van der Waals surface area contributed by atoms with Gasteiger partial charge in [-0.3, -0.25) is 14.4 Å². The van der Waals surface area contributed by atoms with Crippen LogP contribution in [0, 0.1) is 0 Å². The summed E-state index contributed by atoms with van der Waals surface area (Å²) < 4.78 is 38.3. The van der Waals surface area contributed by atoms with Gasteiger partial charge in [-0.1, -0.05) is 23.7 Å². The van der Waals surface area contributed by atoms with Gasteiger partial charge in [0.1, 0.15) is 11.5 Å². The van der Waals surface area contributed by atoms with E-state index in [0.29, 0.717) is 6.07 Å². The van der Waals surface area contributed by atoms with E-state index in [4.69, 9.17) is 11.6 Å². The number of ketones is 2. The third-order valence-electron chi connectivity index (χ3n) is 4.91. The third kappa shape index (κ3) is 3.46. The zero-order valence-electron chi connectivity index (χ0n) is 15.7. The molecule has 4 rings (SSSR count). The number of carbonyl (C=O) groups excluding carboxylic acids is 3. The summed E-state index contributed by atoms with van der Waals surface area (Å²) in [7, 11) is 0. The van der Waals surface area contributed by atoms with Crippen molar-refractivity contribution < 1.29 is 37.8 Å². The highest BCUT2D eigenvalue weighted by molar-refractivity contribution is 6.34. The van der Waals surface area contributed by atoms with E-state index < -0.39 is 40.7 Å². The van der Waals surface area contributed by atoms with Gasteiger partial charge < -0.3 is 15.5 Å². The number of benzene rings is 3. The van der Waals surface area contributed by atoms with E-state index in [-0.39, 0.29) is 38.5 Å². The average Bonchev–Trinajstić information content (AvgIpc) is 2.72. The number of hydrogen-bond acceptors (Lipinski definition) is 5. The summed E-state index contributed by atoms with van der Waals surface area (Å²) in [6, 6.07) is 8.27. The summed E-state index contributed by atoms with van der Waals surface area (Å²) >= 11 is 5.84. The Labute approximate surface area is 182 Å². The molecule has 162 valence electrons. The first kappa shape index (κ1) is 21.4. The van der Waals surface area contributed by atoms with Crippen molar-refractivity contribution in [1.29, 1.82) is 0 Å².